The predicted octanol–water partition coefficient (Wildman–Crippen LogP) is 6.30. The number of fused-ring (bicyclic) bond motifs is 5. The molecule has 6 rings (SSSR count). The van der Waals surface area contributed by atoms with Gasteiger partial charge in [-0.15, -0.1) is 0 Å². The third-order valence-electron chi connectivity index (χ3n) is 10.4. The van der Waals surface area contributed by atoms with Crippen molar-refractivity contribution in [3.8, 4) is 11.6 Å². The molecule has 3 aromatic rings. The van der Waals surface area contributed by atoms with Gasteiger partial charge >= 0.3 is 5.88 Å². The zero-order chi connectivity index (χ0) is 28.9. The molecule has 3 aliphatic carbocycles. The normalized spacial score (nSPS) is 27.1. The molecule has 0 spiro atoms. The number of hydrogen-bond donors (Lipinski definition) is 1. The molecule has 2 fully saturated rings. The van der Waals surface area contributed by atoms with Gasteiger partial charge in [0.05, 0.1) is 39.0 Å². The van der Waals surface area contributed by atoms with E-state index in [1.165, 1.54) is 41.5 Å². The Balaban J connectivity index is 1.23. The van der Waals surface area contributed by atoms with Gasteiger partial charge in [0.2, 0.25) is 0 Å². The van der Waals surface area contributed by atoms with Crippen LogP contribution in [0.1, 0.15) is 67.2 Å². The number of aliphatic hydroxyl groups excluding tert-OH is 1. The van der Waals surface area contributed by atoms with Crippen LogP contribution in [0, 0.1) is 17.3 Å². The molecule has 41 heavy (non-hydrogen) atoms. The maximum atomic E-state index is 10.7. The highest BCUT2D eigenvalue weighted by Gasteiger charge is 2.54. The Hall–Kier alpha value is -2.89. The van der Waals surface area contributed by atoms with Crippen LogP contribution in [0.3, 0.4) is 0 Å². The van der Waals surface area contributed by atoms with Gasteiger partial charge in [-0.25, -0.2) is 0 Å². The van der Waals surface area contributed by atoms with Gasteiger partial charge in [0.15, 0.2) is 12.7 Å². The number of pyridine rings is 1. The Labute approximate surface area is 247 Å². The summed E-state index contributed by atoms with van der Waals surface area (Å²) >= 11 is 0. The summed E-state index contributed by atoms with van der Waals surface area (Å²) in [4.78, 5) is 2.13. The summed E-state index contributed by atoms with van der Waals surface area (Å²) in [7, 11) is 10.8. The fraction of sp³-hybridized carbons (Fsp3) is 0.528. The topological polar surface area (TPSA) is 36.6 Å². The van der Waals surface area contributed by atoms with Gasteiger partial charge in [-0.1, -0.05) is 37.3 Å². The van der Waals surface area contributed by atoms with E-state index < -0.39 is 0 Å². The third-order valence-corrected chi connectivity index (χ3v) is 10.4. The Morgan fingerprint density at radius 3 is 2.44 bits per heavy atom. The van der Waals surface area contributed by atoms with Crippen molar-refractivity contribution in [2.75, 3.05) is 40.1 Å². The van der Waals surface area contributed by atoms with Gasteiger partial charge in [-0.3, -0.25) is 0 Å². The summed E-state index contributed by atoms with van der Waals surface area (Å²) in [6.07, 6.45) is 8.87. The molecule has 5 heteroatoms. The van der Waals surface area contributed by atoms with E-state index in [9.17, 15) is 5.11 Å². The number of anilines is 1. The first kappa shape index (κ1) is 28.2. The van der Waals surface area contributed by atoms with Gasteiger partial charge < -0.3 is 19.2 Å². The molecule has 218 valence electrons. The lowest BCUT2D eigenvalue weighted by Gasteiger charge is -2.50. The molecule has 0 bridgehead atoms. The summed E-state index contributed by atoms with van der Waals surface area (Å²) in [6, 6.07) is 20.1. The Kier molecular flexibility index (Phi) is 7.40. The number of rotatable bonds is 7. The van der Waals surface area contributed by atoms with E-state index in [2.05, 4.69) is 112 Å². The first-order chi connectivity index (χ1) is 19.5. The fourth-order valence-electron chi connectivity index (χ4n) is 8.20. The van der Waals surface area contributed by atoms with Crippen LogP contribution in [-0.2, 0) is 19.5 Å². The molecule has 1 N–H and O–H groups in total. The zero-order valence-corrected chi connectivity index (χ0v) is 25.9. The van der Waals surface area contributed by atoms with E-state index >= 15 is 0 Å². The minimum Gasteiger partial charge on any atom is -0.405 e. The predicted molar refractivity (Wildman–Crippen MR) is 165 cm³/mol. The number of aliphatic hydroxyl groups is 1. The van der Waals surface area contributed by atoms with Gasteiger partial charge in [-0.2, -0.15) is 4.57 Å². The van der Waals surface area contributed by atoms with Crippen molar-refractivity contribution in [3.05, 3.63) is 83.0 Å². The van der Waals surface area contributed by atoms with E-state index in [1.807, 2.05) is 0 Å². The highest BCUT2D eigenvalue weighted by atomic mass is 16.5. The average molecular weight is 556 g/mol. The molecular weight excluding hydrogens is 506 g/mol. The van der Waals surface area contributed by atoms with Crippen LogP contribution >= 0.6 is 0 Å². The molecule has 3 aliphatic rings. The Bertz CT molecular complexity index is 1390. The van der Waals surface area contributed by atoms with E-state index in [1.54, 1.807) is 0 Å². The molecule has 0 saturated heterocycles. The summed E-state index contributed by atoms with van der Waals surface area (Å²) in [6.45, 7) is 4.13. The maximum Gasteiger partial charge on any atom is 0.375 e. The highest BCUT2D eigenvalue weighted by Crippen LogP contribution is 2.61. The largest absolute Gasteiger partial charge is 0.405 e. The smallest absolute Gasteiger partial charge is 0.375 e. The Morgan fingerprint density at radius 2 is 1.71 bits per heavy atom. The lowest BCUT2D eigenvalue weighted by Crippen LogP contribution is -2.43. The standard InChI is InChI=1S/C36H49N3O2/c1-36-19-17-31-30-14-12-29(21-27(30)11-13-32(31)33(36)15-16-34(36)40)41-35-22-28(37(2)3)18-20-38(35)23-25-7-9-26(10-8-25)24-39(4,5)6/h7-10,12,14,18,20-22,31-34,40H,11,13,15-17,19,23-24H2,1-6H3/q+2/t31-,32-,33+,34+,36+/m1/s1. The van der Waals surface area contributed by atoms with Crippen LogP contribution in [0.2, 0.25) is 0 Å². The zero-order valence-electron chi connectivity index (χ0n) is 25.9. The number of quaternary nitrogens is 1. The van der Waals surface area contributed by atoms with Crippen molar-refractivity contribution >= 4 is 5.69 Å². The van der Waals surface area contributed by atoms with E-state index in [0.717, 1.165) is 54.2 Å². The number of aryl methyl sites for hydroxylation is 1. The molecular formula is C36H49N3O2+2. The summed E-state index contributed by atoms with van der Waals surface area (Å²) in [5.41, 5.74) is 6.85. The third kappa shape index (κ3) is 5.63. The number of ether oxygens (including phenoxy) is 1. The van der Waals surface area contributed by atoms with Crippen molar-refractivity contribution in [1.82, 2.24) is 0 Å². The molecule has 2 aromatic carbocycles. The van der Waals surface area contributed by atoms with Crippen molar-refractivity contribution in [3.63, 3.8) is 0 Å². The first-order valence-electron chi connectivity index (χ1n) is 15.6. The number of hydrogen-bond acceptors (Lipinski definition) is 3. The minimum absolute atomic E-state index is 0.115. The van der Waals surface area contributed by atoms with E-state index in [4.69, 9.17) is 4.74 Å². The molecule has 1 aromatic heterocycles. The van der Waals surface area contributed by atoms with Crippen molar-refractivity contribution in [2.45, 2.75) is 70.6 Å². The SMILES string of the molecule is CN(C)c1cc[n+](Cc2ccc(C[N+](C)(C)C)cc2)c(Oc2ccc3c(c2)CC[C@@H]2[C@@H]3CC[C@]3(C)[C@@H](O)CC[C@@H]23)c1. The van der Waals surface area contributed by atoms with Gasteiger partial charge in [-0.05, 0) is 85.0 Å². The highest BCUT2D eigenvalue weighted by molar-refractivity contribution is 5.47. The van der Waals surface area contributed by atoms with Crippen molar-refractivity contribution < 1.29 is 18.9 Å². The second-order valence-electron chi connectivity index (χ2n) is 14.5. The lowest BCUT2D eigenvalue weighted by atomic mass is 9.55. The molecule has 0 aliphatic heterocycles. The van der Waals surface area contributed by atoms with Crippen molar-refractivity contribution in [1.29, 1.82) is 0 Å². The number of nitrogens with zero attached hydrogens (tertiary/aromatic N) is 3. The van der Waals surface area contributed by atoms with Crippen LogP contribution in [0.25, 0.3) is 0 Å². The average Bonchev–Trinajstić information content (AvgIpc) is 3.23. The monoisotopic (exact) mass is 555 g/mol. The minimum atomic E-state index is -0.115. The van der Waals surface area contributed by atoms with Gasteiger partial charge in [0.25, 0.3) is 0 Å². The summed E-state index contributed by atoms with van der Waals surface area (Å²) in [5.74, 6) is 3.77. The van der Waals surface area contributed by atoms with Crippen LogP contribution in [0.5, 0.6) is 11.6 Å². The lowest BCUT2D eigenvalue weighted by molar-refractivity contribution is -0.884. The fourth-order valence-corrected chi connectivity index (χ4v) is 8.20. The van der Waals surface area contributed by atoms with Crippen LogP contribution in [0.4, 0.5) is 5.69 Å². The molecule has 2 saturated carbocycles. The molecule has 1 heterocycles. The number of benzene rings is 2. The summed E-state index contributed by atoms with van der Waals surface area (Å²) < 4.78 is 9.80. The van der Waals surface area contributed by atoms with Gasteiger partial charge in [0, 0.05) is 31.3 Å². The second kappa shape index (κ2) is 10.7. The van der Waals surface area contributed by atoms with Gasteiger partial charge in [0.1, 0.15) is 12.3 Å². The van der Waals surface area contributed by atoms with E-state index in [0.29, 0.717) is 17.8 Å². The van der Waals surface area contributed by atoms with Crippen LogP contribution < -0.4 is 14.2 Å². The van der Waals surface area contributed by atoms with Crippen LogP contribution in [0.15, 0.2) is 60.8 Å². The van der Waals surface area contributed by atoms with E-state index in [-0.39, 0.29) is 11.5 Å². The first-order valence-corrected chi connectivity index (χ1v) is 15.6. The van der Waals surface area contributed by atoms with Crippen molar-refractivity contribution in [2.24, 2.45) is 17.3 Å². The quantitative estimate of drug-likeness (QED) is 0.274. The summed E-state index contributed by atoms with van der Waals surface area (Å²) in [5, 5.41) is 10.7. The second-order valence-corrected chi connectivity index (χ2v) is 14.5. The molecule has 0 amide bonds. The molecule has 5 atom stereocenters. The van der Waals surface area contributed by atoms with Crippen LogP contribution in [-0.4, -0.2) is 50.9 Å². The molecule has 0 unspecified atom stereocenters. The maximum absolute atomic E-state index is 10.7. The molecule has 5 nitrogen and oxygen atoms in total. The Morgan fingerprint density at radius 1 is 0.951 bits per heavy atom. The number of aromatic nitrogens is 1. The molecule has 0 radical (unpaired) electrons.